The van der Waals surface area contributed by atoms with E-state index in [9.17, 15) is 24.0 Å². The Bertz CT molecular complexity index is 2190. The van der Waals surface area contributed by atoms with Gasteiger partial charge in [0.15, 0.2) is 11.5 Å². The number of carbonyl (C=O) groups is 5. The summed E-state index contributed by atoms with van der Waals surface area (Å²) in [5, 5.41) is 23.5. The molecule has 3 atom stereocenters. The second-order valence-electron chi connectivity index (χ2n) is 16.4. The molecule has 58 heavy (non-hydrogen) atoms. The van der Waals surface area contributed by atoms with E-state index in [2.05, 4.69) is 41.6 Å². The van der Waals surface area contributed by atoms with E-state index in [-0.39, 0.29) is 30.9 Å². The quantitative estimate of drug-likeness (QED) is 0.300. The highest BCUT2D eigenvalue weighted by Gasteiger charge is 2.48. The molecule has 5 amide bonds. The molecule has 2 N–H and O–H groups in total. The summed E-state index contributed by atoms with van der Waals surface area (Å²) in [6.07, 6.45) is 6.55. The van der Waals surface area contributed by atoms with Crippen molar-refractivity contribution >= 4 is 52.6 Å². The summed E-state index contributed by atoms with van der Waals surface area (Å²) in [4.78, 5) is 71.9. The standard InChI is InChI=1S/C42H44ClN9O6/c43-34-19-31(5-1-25(34)20-44)58-30-6-2-26(3-7-30)45-39(54)35-9-11-37(48-47-35)50-15-13-24(14-16-50)21-49-22-28-17-29(23-49)51(28)27-4-8-32-33(18-27)42(57)52(41(32)56)36-10-12-38(53)46-40(36)55/h1,4-5,8-9,11,18-19,24,26,28-30,36H,2-3,6-7,10,12-17,21-23H2,(H,45,54)(H,46,53,55). The van der Waals surface area contributed by atoms with Gasteiger partial charge in [-0.15, -0.1) is 10.2 Å². The first-order valence-electron chi connectivity index (χ1n) is 20.2. The molecule has 1 aliphatic carbocycles. The molecule has 7 heterocycles. The van der Waals surface area contributed by atoms with Crippen LogP contribution in [0.1, 0.15) is 94.6 Å². The van der Waals surface area contributed by atoms with E-state index in [0.717, 1.165) is 94.1 Å². The number of hydrogen-bond acceptors (Lipinski definition) is 12. The van der Waals surface area contributed by atoms with E-state index >= 15 is 0 Å². The summed E-state index contributed by atoms with van der Waals surface area (Å²) in [7, 11) is 0. The van der Waals surface area contributed by atoms with E-state index in [1.54, 1.807) is 36.4 Å². The Kier molecular flexibility index (Phi) is 10.2. The van der Waals surface area contributed by atoms with Crippen molar-refractivity contribution in [2.75, 3.05) is 42.5 Å². The molecule has 6 fully saturated rings. The van der Waals surface area contributed by atoms with Gasteiger partial charge in [-0.2, -0.15) is 5.26 Å². The molecule has 0 spiro atoms. The van der Waals surface area contributed by atoms with Gasteiger partial charge in [-0.3, -0.25) is 39.1 Å². The molecule has 7 aliphatic rings. The van der Waals surface area contributed by atoms with Crippen molar-refractivity contribution < 1.29 is 28.7 Å². The molecule has 15 nitrogen and oxygen atoms in total. The Morgan fingerprint density at radius 3 is 2.34 bits per heavy atom. The zero-order valence-corrected chi connectivity index (χ0v) is 32.7. The molecule has 2 bridgehead atoms. The van der Waals surface area contributed by atoms with Crippen LogP contribution in [0, 0.1) is 17.2 Å². The average molecular weight is 806 g/mol. The van der Waals surface area contributed by atoms with Crippen molar-refractivity contribution in [1.82, 2.24) is 30.6 Å². The van der Waals surface area contributed by atoms with E-state index in [4.69, 9.17) is 21.6 Å². The third kappa shape index (κ3) is 7.35. The summed E-state index contributed by atoms with van der Waals surface area (Å²) in [6, 6.07) is 15.9. The van der Waals surface area contributed by atoms with Crippen LogP contribution in [0.2, 0.25) is 5.02 Å². The predicted molar refractivity (Wildman–Crippen MR) is 211 cm³/mol. The number of anilines is 2. The van der Waals surface area contributed by atoms with Crippen molar-refractivity contribution in [3.8, 4) is 11.8 Å². The summed E-state index contributed by atoms with van der Waals surface area (Å²) in [5.41, 5.74) is 2.26. The van der Waals surface area contributed by atoms with Gasteiger partial charge in [0.05, 0.1) is 27.8 Å². The first kappa shape index (κ1) is 38.0. The highest BCUT2D eigenvalue weighted by atomic mass is 35.5. The molecule has 2 aromatic carbocycles. The largest absolute Gasteiger partial charge is 0.490 e. The lowest BCUT2D eigenvalue weighted by atomic mass is 9.85. The van der Waals surface area contributed by atoms with E-state index < -0.39 is 29.7 Å². The highest BCUT2D eigenvalue weighted by molar-refractivity contribution is 6.31. The van der Waals surface area contributed by atoms with Gasteiger partial charge >= 0.3 is 0 Å². The van der Waals surface area contributed by atoms with Gasteiger partial charge in [0.2, 0.25) is 11.8 Å². The number of benzene rings is 2. The SMILES string of the molecule is N#Cc1ccc(OC2CCC(NC(=O)c3ccc(N4CCC(CN5CC6CC(C5)N6c5ccc6c(c5)C(=O)N(C5CCC(=O)NC5=O)C6=O)CC4)nn3)CC2)cc1Cl. The van der Waals surface area contributed by atoms with Gasteiger partial charge in [0.1, 0.15) is 17.9 Å². The average Bonchev–Trinajstić information content (AvgIpc) is 3.47. The van der Waals surface area contributed by atoms with Gasteiger partial charge in [-0.05, 0) is 99.7 Å². The first-order chi connectivity index (χ1) is 28.1. The van der Waals surface area contributed by atoms with E-state index in [1.807, 2.05) is 12.1 Å². The molecular weight excluding hydrogens is 762 g/mol. The number of ether oxygens (including phenoxy) is 1. The van der Waals surface area contributed by atoms with Crippen LogP contribution in [0.5, 0.6) is 5.75 Å². The molecule has 10 rings (SSSR count). The van der Waals surface area contributed by atoms with Crippen LogP contribution in [-0.2, 0) is 9.59 Å². The van der Waals surface area contributed by atoms with Crippen LogP contribution in [0.4, 0.5) is 11.5 Å². The second kappa shape index (κ2) is 15.6. The summed E-state index contributed by atoms with van der Waals surface area (Å²) in [6.45, 7) is 4.63. The van der Waals surface area contributed by atoms with Crippen molar-refractivity contribution in [3.05, 3.63) is 75.9 Å². The zero-order valence-electron chi connectivity index (χ0n) is 31.9. The number of nitriles is 1. The molecule has 3 unspecified atom stereocenters. The van der Waals surface area contributed by atoms with Crippen molar-refractivity contribution in [2.45, 2.75) is 88.1 Å². The molecular formula is C42H44ClN9O6. The Morgan fingerprint density at radius 2 is 1.66 bits per heavy atom. The number of hydrogen-bond donors (Lipinski definition) is 2. The van der Waals surface area contributed by atoms with Crippen LogP contribution in [0.25, 0.3) is 0 Å². The van der Waals surface area contributed by atoms with Crippen molar-refractivity contribution in [2.24, 2.45) is 5.92 Å². The van der Waals surface area contributed by atoms with Crippen LogP contribution in [0.3, 0.4) is 0 Å². The Labute approximate surface area is 340 Å². The third-order valence-electron chi connectivity index (χ3n) is 12.7. The maximum absolute atomic E-state index is 13.4. The monoisotopic (exact) mass is 805 g/mol. The Morgan fingerprint density at radius 1 is 0.897 bits per heavy atom. The number of piperidine rings is 3. The molecule has 3 aromatic rings. The molecule has 1 saturated carbocycles. The minimum atomic E-state index is -0.974. The van der Waals surface area contributed by atoms with Crippen LogP contribution in [0.15, 0.2) is 48.5 Å². The number of halogens is 1. The number of rotatable bonds is 9. The molecule has 5 saturated heterocycles. The number of nitrogens with one attached hydrogen (secondary N) is 2. The number of carbonyl (C=O) groups excluding carboxylic acids is 5. The maximum Gasteiger partial charge on any atom is 0.272 e. The number of fused-ring (bicyclic) bond motifs is 3. The lowest BCUT2D eigenvalue weighted by Crippen LogP contribution is -2.69. The fourth-order valence-electron chi connectivity index (χ4n) is 9.65. The normalized spacial score (nSPS) is 26.1. The molecule has 6 aliphatic heterocycles. The minimum absolute atomic E-state index is 0.0189. The predicted octanol–water partition coefficient (Wildman–Crippen LogP) is 3.70. The number of nitrogens with zero attached hydrogens (tertiary/aromatic N) is 7. The van der Waals surface area contributed by atoms with Gasteiger partial charge in [-0.1, -0.05) is 11.6 Å². The fraction of sp³-hybridized carbons (Fsp3) is 0.476. The van der Waals surface area contributed by atoms with Crippen molar-refractivity contribution in [3.63, 3.8) is 0 Å². The Balaban J connectivity index is 0.713. The number of amides is 5. The smallest absolute Gasteiger partial charge is 0.272 e. The van der Waals surface area contributed by atoms with Gasteiger partial charge in [-0.25, -0.2) is 0 Å². The topological polar surface area (TPSA) is 181 Å². The maximum atomic E-state index is 13.4. The zero-order chi connectivity index (χ0) is 40.1. The lowest BCUT2D eigenvalue weighted by Gasteiger charge is -2.58. The van der Waals surface area contributed by atoms with Crippen molar-refractivity contribution in [1.29, 1.82) is 5.26 Å². The van der Waals surface area contributed by atoms with Crippen LogP contribution in [-0.4, -0.2) is 113 Å². The number of imide groups is 2. The summed E-state index contributed by atoms with van der Waals surface area (Å²) >= 11 is 6.15. The lowest BCUT2D eigenvalue weighted by molar-refractivity contribution is -0.136. The third-order valence-corrected chi connectivity index (χ3v) is 13.0. The minimum Gasteiger partial charge on any atom is -0.490 e. The van der Waals surface area contributed by atoms with E-state index in [0.29, 0.717) is 51.2 Å². The summed E-state index contributed by atoms with van der Waals surface area (Å²) < 4.78 is 6.08. The number of piperazine rings is 1. The molecule has 16 heteroatoms. The second-order valence-corrected chi connectivity index (χ2v) is 16.8. The van der Waals surface area contributed by atoms with Crippen LogP contribution >= 0.6 is 11.6 Å². The fourth-order valence-corrected chi connectivity index (χ4v) is 9.86. The summed E-state index contributed by atoms with van der Waals surface area (Å²) in [5.74, 6) is -0.212. The molecule has 300 valence electrons. The van der Waals surface area contributed by atoms with Gasteiger partial charge in [0, 0.05) is 69.0 Å². The molecule has 0 radical (unpaired) electrons. The number of aromatic nitrogens is 2. The van der Waals surface area contributed by atoms with Gasteiger partial charge < -0.3 is 19.9 Å². The van der Waals surface area contributed by atoms with Gasteiger partial charge in [0.25, 0.3) is 17.7 Å². The highest BCUT2D eigenvalue weighted by Crippen LogP contribution is 2.40. The Hall–Kier alpha value is -5.59. The van der Waals surface area contributed by atoms with E-state index in [1.165, 1.54) is 0 Å². The first-order valence-corrected chi connectivity index (χ1v) is 20.6. The van der Waals surface area contributed by atoms with Crippen LogP contribution < -0.4 is 25.2 Å². The molecule has 1 aromatic heterocycles.